The Hall–Kier alpha value is -1.96. The summed E-state index contributed by atoms with van der Waals surface area (Å²) in [4.78, 5) is 0. The first kappa shape index (κ1) is 15.3. The summed E-state index contributed by atoms with van der Waals surface area (Å²) in [5, 5.41) is 7.53. The van der Waals surface area contributed by atoms with E-state index in [4.69, 9.17) is 23.2 Å². The van der Waals surface area contributed by atoms with Crippen LogP contribution < -0.4 is 5.32 Å². The van der Waals surface area contributed by atoms with Crippen LogP contribution in [0.15, 0.2) is 66.7 Å². The molecule has 1 aliphatic carbocycles. The molecule has 0 amide bonds. The molecule has 3 aromatic carbocycles. The first-order valence-corrected chi connectivity index (χ1v) is 9.38. The predicted octanol–water partition coefficient (Wildman–Crippen LogP) is 6.97. The van der Waals surface area contributed by atoms with Gasteiger partial charge in [0.25, 0.3) is 0 Å². The fourth-order valence-corrected chi connectivity index (χ4v) is 4.82. The van der Waals surface area contributed by atoms with Crippen molar-refractivity contribution in [3.63, 3.8) is 0 Å². The smallest absolute Gasteiger partial charge is 0.0826 e. The first-order valence-electron chi connectivity index (χ1n) is 8.63. The van der Waals surface area contributed by atoms with Crippen LogP contribution in [0.3, 0.4) is 0 Å². The quantitative estimate of drug-likeness (QED) is 0.459. The second-order valence-electron chi connectivity index (χ2n) is 6.87. The van der Waals surface area contributed by atoms with Crippen molar-refractivity contribution in [2.75, 3.05) is 5.32 Å². The van der Waals surface area contributed by atoms with Crippen molar-refractivity contribution in [1.82, 2.24) is 0 Å². The van der Waals surface area contributed by atoms with E-state index in [-0.39, 0.29) is 6.04 Å². The van der Waals surface area contributed by atoms with Gasteiger partial charge in [-0.05, 0) is 40.3 Å². The summed E-state index contributed by atoms with van der Waals surface area (Å²) in [6, 6.07) is 19.4. The number of nitrogens with one attached hydrogen (secondary N) is 1. The average molecular weight is 366 g/mol. The van der Waals surface area contributed by atoms with E-state index in [9.17, 15) is 0 Å². The van der Waals surface area contributed by atoms with E-state index in [0.717, 1.165) is 12.1 Å². The third kappa shape index (κ3) is 2.30. The molecule has 1 heterocycles. The maximum atomic E-state index is 6.55. The van der Waals surface area contributed by atoms with Gasteiger partial charge in [0, 0.05) is 5.92 Å². The summed E-state index contributed by atoms with van der Waals surface area (Å²) < 4.78 is 0. The molecule has 0 saturated heterocycles. The van der Waals surface area contributed by atoms with E-state index >= 15 is 0 Å². The van der Waals surface area contributed by atoms with Gasteiger partial charge in [-0.2, -0.15) is 0 Å². The second kappa shape index (κ2) is 5.79. The zero-order valence-corrected chi connectivity index (χ0v) is 15.1. The number of hydrogen-bond donors (Lipinski definition) is 1. The van der Waals surface area contributed by atoms with Crippen molar-refractivity contribution >= 4 is 39.7 Å². The van der Waals surface area contributed by atoms with Crippen molar-refractivity contribution in [2.45, 2.75) is 18.4 Å². The topological polar surface area (TPSA) is 12.0 Å². The van der Waals surface area contributed by atoms with Gasteiger partial charge >= 0.3 is 0 Å². The van der Waals surface area contributed by atoms with Gasteiger partial charge in [0.15, 0.2) is 0 Å². The maximum Gasteiger partial charge on any atom is 0.0826 e. The Labute approximate surface area is 157 Å². The molecule has 0 aromatic heterocycles. The van der Waals surface area contributed by atoms with E-state index in [1.165, 1.54) is 21.9 Å². The van der Waals surface area contributed by atoms with Crippen LogP contribution >= 0.6 is 23.2 Å². The summed E-state index contributed by atoms with van der Waals surface area (Å²) in [5.74, 6) is 0.880. The first-order chi connectivity index (χ1) is 12.2. The number of hydrogen-bond acceptors (Lipinski definition) is 1. The molecule has 0 spiro atoms. The Bertz CT molecular complexity index is 1000. The van der Waals surface area contributed by atoms with Crippen molar-refractivity contribution < 1.29 is 0 Å². The summed E-state index contributed by atoms with van der Waals surface area (Å²) in [6.07, 6.45) is 5.70. The molecule has 5 rings (SSSR count). The predicted molar refractivity (Wildman–Crippen MR) is 107 cm³/mol. The minimum Gasteiger partial charge on any atom is -0.376 e. The van der Waals surface area contributed by atoms with E-state index < -0.39 is 0 Å². The van der Waals surface area contributed by atoms with Crippen LogP contribution in [-0.4, -0.2) is 0 Å². The van der Waals surface area contributed by atoms with E-state index in [2.05, 4.69) is 66.0 Å². The van der Waals surface area contributed by atoms with Crippen molar-refractivity contribution in [1.29, 1.82) is 0 Å². The van der Waals surface area contributed by atoms with Crippen molar-refractivity contribution in [3.8, 4) is 0 Å². The highest BCUT2D eigenvalue weighted by Gasteiger charge is 2.39. The van der Waals surface area contributed by atoms with Gasteiger partial charge in [-0.15, -0.1) is 0 Å². The number of fused-ring (bicyclic) bond motifs is 4. The minimum absolute atomic E-state index is 0.217. The summed E-state index contributed by atoms with van der Waals surface area (Å²) >= 11 is 12.8. The number of allylic oxidation sites excluding steroid dienone is 2. The zero-order chi connectivity index (χ0) is 17.0. The lowest BCUT2D eigenvalue weighted by Gasteiger charge is -2.38. The molecular formula is C22H17Cl2N. The third-order valence-corrected chi connectivity index (χ3v) is 6.39. The van der Waals surface area contributed by atoms with Crippen LogP contribution in [-0.2, 0) is 0 Å². The van der Waals surface area contributed by atoms with Gasteiger partial charge in [0.2, 0.25) is 0 Å². The summed E-state index contributed by atoms with van der Waals surface area (Å²) in [6.45, 7) is 0. The molecule has 0 radical (unpaired) electrons. The van der Waals surface area contributed by atoms with E-state index in [1.54, 1.807) is 0 Å². The highest BCUT2D eigenvalue weighted by atomic mass is 35.5. The fourth-order valence-electron chi connectivity index (χ4n) is 4.43. The molecular weight excluding hydrogens is 349 g/mol. The standard InChI is InChI=1S/C22H17Cl2N/c23-19-12-11-18-15-8-4-10-17(15)21(25-22(18)20(19)24)16-9-3-6-13-5-1-2-7-14(13)16/h1-9,11-12,15,17,21,25H,10H2. The molecule has 1 aliphatic heterocycles. The minimum atomic E-state index is 0.217. The van der Waals surface area contributed by atoms with Gasteiger partial charge < -0.3 is 5.32 Å². The van der Waals surface area contributed by atoms with Gasteiger partial charge in [-0.25, -0.2) is 0 Å². The molecule has 0 fully saturated rings. The Morgan fingerprint density at radius 3 is 2.64 bits per heavy atom. The fraction of sp³-hybridized carbons (Fsp3) is 0.182. The van der Waals surface area contributed by atoms with Crippen LogP contribution in [0.5, 0.6) is 0 Å². The Balaban J connectivity index is 1.71. The number of anilines is 1. The second-order valence-corrected chi connectivity index (χ2v) is 7.65. The van der Waals surface area contributed by atoms with Crippen molar-refractivity contribution in [3.05, 3.63) is 87.9 Å². The Morgan fingerprint density at radius 1 is 0.880 bits per heavy atom. The molecule has 0 saturated carbocycles. The molecule has 2 aliphatic rings. The molecule has 0 bridgehead atoms. The van der Waals surface area contributed by atoms with E-state index in [0.29, 0.717) is 21.9 Å². The average Bonchev–Trinajstić information content (AvgIpc) is 3.14. The molecule has 3 unspecified atom stereocenters. The molecule has 124 valence electrons. The zero-order valence-electron chi connectivity index (χ0n) is 13.5. The van der Waals surface area contributed by atoms with E-state index in [1.807, 2.05) is 6.07 Å². The van der Waals surface area contributed by atoms with Crippen LogP contribution in [0.4, 0.5) is 5.69 Å². The Kier molecular flexibility index (Phi) is 3.55. The lowest BCUT2D eigenvalue weighted by atomic mass is 9.76. The monoisotopic (exact) mass is 365 g/mol. The van der Waals surface area contributed by atoms with Gasteiger partial charge in [-0.3, -0.25) is 0 Å². The third-order valence-electron chi connectivity index (χ3n) is 5.59. The molecule has 1 N–H and O–H groups in total. The lowest BCUT2D eigenvalue weighted by Crippen LogP contribution is -2.29. The highest BCUT2D eigenvalue weighted by Crippen LogP contribution is 2.53. The lowest BCUT2D eigenvalue weighted by molar-refractivity contribution is 0.427. The molecule has 25 heavy (non-hydrogen) atoms. The molecule has 3 heteroatoms. The summed E-state index contributed by atoms with van der Waals surface area (Å²) in [5.41, 5.74) is 3.57. The van der Waals surface area contributed by atoms with Gasteiger partial charge in [0.1, 0.15) is 0 Å². The van der Waals surface area contributed by atoms with Gasteiger partial charge in [0.05, 0.1) is 21.8 Å². The maximum absolute atomic E-state index is 6.55. The SMILES string of the molecule is Clc1ccc2c(c1Cl)NC(c1cccc3ccccc13)C1CC=CC21. The normalized spacial score (nSPS) is 24.0. The largest absolute Gasteiger partial charge is 0.376 e. The number of halogens is 2. The van der Waals surface area contributed by atoms with Crippen LogP contribution in [0, 0.1) is 5.92 Å². The number of rotatable bonds is 1. The number of benzene rings is 3. The Morgan fingerprint density at radius 2 is 1.72 bits per heavy atom. The molecule has 3 aromatic rings. The van der Waals surface area contributed by atoms with Crippen LogP contribution in [0.2, 0.25) is 10.0 Å². The summed E-state index contributed by atoms with van der Waals surface area (Å²) in [7, 11) is 0. The van der Waals surface area contributed by atoms with Gasteiger partial charge in [-0.1, -0.05) is 83.9 Å². The molecule has 3 atom stereocenters. The molecule has 1 nitrogen and oxygen atoms in total. The highest BCUT2D eigenvalue weighted by molar-refractivity contribution is 6.43. The van der Waals surface area contributed by atoms with Crippen LogP contribution in [0.25, 0.3) is 10.8 Å². The van der Waals surface area contributed by atoms with Crippen LogP contribution in [0.1, 0.15) is 29.5 Å². The van der Waals surface area contributed by atoms with Crippen molar-refractivity contribution in [2.24, 2.45) is 5.92 Å².